The molecule has 1 aromatic heterocycles. The quantitative estimate of drug-likeness (QED) is 0.202. The van der Waals surface area contributed by atoms with Gasteiger partial charge in [-0.2, -0.15) is 0 Å². The second-order valence-electron chi connectivity index (χ2n) is 6.14. The molecule has 0 spiro atoms. The minimum atomic E-state index is -2.95. The summed E-state index contributed by atoms with van der Waals surface area (Å²) in [6.07, 6.45) is 1.81. The number of sulfone groups is 1. The lowest BCUT2D eigenvalue weighted by atomic mass is 10.3. The molecule has 1 heterocycles. The standard InChI is InChI=1S/C17H27N5O2S2.HI/c1-4-18-16(21-13(2)9-12-26(3,23)24)19-10-11-20-17-22-14-7-5-6-8-15(14)25-17;/h5-8,13H,4,9-12H2,1-3H3,(H,20,22)(H2,18,19,21);1H. The molecule has 0 amide bonds. The van der Waals surface area contributed by atoms with E-state index in [0.717, 1.165) is 21.9 Å². The Labute approximate surface area is 182 Å². The highest BCUT2D eigenvalue weighted by atomic mass is 127. The Kier molecular flexibility index (Phi) is 10.3. The second-order valence-corrected chi connectivity index (χ2v) is 9.43. The number of para-hydroxylation sites is 1. The third-order valence-electron chi connectivity index (χ3n) is 3.60. The van der Waals surface area contributed by atoms with E-state index in [-0.39, 0.29) is 35.8 Å². The van der Waals surface area contributed by atoms with E-state index >= 15 is 0 Å². The number of nitrogens with one attached hydrogen (secondary N) is 3. The number of rotatable bonds is 9. The van der Waals surface area contributed by atoms with E-state index in [2.05, 4.69) is 32.0 Å². The molecule has 152 valence electrons. The fourth-order valence-electron chi connectivity index (χ4n) is 2.29. The van der Waals surface area contributed by atoms with Gasteiger partial charge in [-0.3, -0.25) is 4.99 Å². The molecule has 2 aromatic rings. The van der Waals surface area contributed by atoms with Crippen molar-refractivity contribution in [2.75, 3.05) is 37.0 Å². The zero-order valence-electron chi connectivity index (χ0n) is 15.9. The summed E-state index contributed by atoms with van der Waals surface area (Å²) in [6, 6.07) is 8.07. The first-order valence-corrected chi connectivity index (χ1v) is 11.6. The summed E-state index contributed by atoms with van der Waals surface area (Å²) in [4.78, 5) is 9.06. The fourth-order valence-corrected chi connectivity index (χ4v) is 3.97. The molecule has 10 heteroatoms. The first-order chi connectivity index (χ1) is 12.4. The lowest BCUT2D eigenvalue weighted by Gasteiger charge is -2.17. The monoisotopic (exact) mass is 525 g/mol. The SMILES string of the molecule is CCNC(=NCCNc1nc2ccccc2s1)NC(C)CCS(C)(=O)=O.I. The highest BCUT2D eigenvalue weighted by Crippen LogP contribution is 2.24. The Hall–Kier alpha value is -1.14. The van der Waals surface area contributed by atoms with Crippen LogP contribution in [0.4, 0.5) is 5.13 Å². The predicted molar refractivity (Wildman–Crippen MR) is 126 cm³/mol. The molecular weight excluding hydrogens is 497 g/mol. The average Bonchev–Trinajstić information content (AvgIpc) is 2.99. The lowest BCUT2D eigenvalue weighted by molar-refractivity contribution is 0.581. The number of anilines is 1. The summed E-state index contributed by atoms with van der Waals surface area (Å²) in [5.74, 6) is 0.860. The highest BCUT2D eigenvalue weighted by molar-refractivity contribution is 14.0. The van der Waals surface area contributed by atoms with Crippen molar-refractivity contribution in [1.82, 2.24) is 15.6 Å². The van der Waals surface area contributed by atoms with Gasteiger partial charge in [-0.25, -0.2) is 13.4 Å². The second kappa shape index (κ2) is 11.6. The van der Waals surface area contributed by atoms with Crippen molar-refractivity contribution in [3.05, 3.63) is 24.3 Å². The van der Waals surface area contributed by atoms with Crippen LogP contribution >= 0.6 is 35.3 Å². The smallest absolute Gasteiger partial charge is 0.191 e. The number of nitrogens with zero attached hydrogens (tertiary/aromatic N) is 2. The van der Waals surface area contributed by atoms with E-state index < -0.39 is 9.84 Å². The van der Waals surface area contributed by atoms with Crippen LogP contribution in [0.15, 0.2) is 29.3 Å². The van der Waals surface area contributed by atoms with E-state index in [1.54, 1.807) is 11.3 Å². The van der Waals surface area contributed by atoms with Crippen LogP contribution < -0.4 is 16.0 Å². The first-order valence-electron chi connectivity index (χ1n) is 8.69. The van der Waals surface area contributed by atoms with Gasteiger partial charge in [-0.05, 0) is 32.4 Å². The number of benzene rings is 1. The summed E-state index contributed by atoms with van der Waals surface area (Å²) in [5, 5.41) is 10.6. The molecule has 1 aromatic carbocycles. The Bertz CT molecular complexity index is 806. The molecular formula is C17H28IN5O2S2. The van der Waals surface area contributed by atoms with Crippen molar-refractivity contribution in [3.63, 3.8) is 0 Å². The van der Waals surface area contributed by atoms with E-state index in [4.69, 9.17) is 0 Å². The van der Waals surface area contributed by atoms with Gasteiger partial charge in [-0.15, -0.1) is 24.0 Å². The number of aromatic nitrogens is 1. The normalized spacial score (nSPS) is 13.1. The molecule has 1 atom stereocenters. The first kappa shape index (κ1) is 23.9. The molecule has 0 bridgehead atoms. The average molecular weight is 525 g/mol. The maximum Gasteiger partial charge on any atom is 0.191 e. The van der Waals surface area contributed by atoms with E-state index in [0.29, 0.717) is 25.5 Å². The van der Waals surface area contributed by atoms with Crippen molar-refractivity contribution in [1.29, 1.82) is 0 Å². The Morgan fingerprint density at radius 1 is 1.33 bits per heavy atom. The number of aliphatic imine (C=N–C) groups is 1. The molecule has 0 saturated carbocycles. The van der Waals surface area contributed by atoms with Gasteiger partial charge < -0.3 is 16.0 Å². The molecule has 0 fully saturated rings. The predicted octanol–water partition coefficient (Wildman–Crippen LogP) is 2.70. The van der Waals surface area contributed by atoms with Crippen molar-refractivity contribution < 1.29 is 8.42 Å². The van der Waals surface area contributed by atoms with E-state index in [1.807, 2.05) is 32.0 Å². The molecule has 0 aliphatic carbocycles. The van der Waals surface area contributed by atoms with Crippen LogP contribution in [-0.2, 0) is 9.84 Å². The molecule has 0 radical (unpaired) electrons. The van der Waals surface area contributed by atoms with Crippen molar-refractivity contribution >= 4 is 66.5 Å². The summed E-state index contributed by atoms with van der Waals surface area (Å²) < 4.78 is 23.7. The van der Waals surface area contributed by atoms with Crippen molar-refractivity contribution in [2.45, 2.75) is 26.3 Å². The van der Waals surface area contributed by atoms with Gasteiger partial charge in [0.2, 0.25) is 0 Å². The number of hydrogen-bond acceptors (Lipinski definition) is 6. The molecule has 0 saturated heterocycles. The van der Waals surface area contributed by atoms with Crippen LogP contribution in [0.2, 0.25) is 0 Å². The topological polar surface area (TPSA) is 95.5 Å². The molecule has 27 heavy (non-hydrogen) atoms. The summed E-state index contributed by atoms with van der Waals surface area (Å²) in [7, 11) is -2.95. The highest BCUT2D eigenvalue weighted by Gasteiger charge is 2.09. The molecule has 2 rings (SSSR count). The van der Waals surface area contributed by atoms with Gasteiger partial charge in [0.1, 0.15) is 9.84 Å². The maximum atomic E-state index is 11.3. The van der Waals surface area contributed by atoms with Crippen LogP contribution in [0.5, 0.6) is 0 Å². The summed E-state index contributed by atoms with van der Waals surface area (Å²) >= 11 is 1.63. The van der Waals surface area contributed by atoms with Crippen molar-refractivity contribution in [3.8, 4) is 0 Å². The van der Waals surface area contributed by atoms with E-state index in [9.17, 15) is 8.42 Å². The third-order valence-corrected chi connectivity index (χ3v) is 5.57. The van der Waals surface area contributed by atoms with Crippen LogP contribution in [-0.4, -0.2) is 57.0 Å². The van der Waals surface area contributed by atoms with Gasteiger partial charge in [-0.1, -0.05) is 23.5 Å². The van der Waals surface area contributed by atoms with Crippen LogP contribution in [0.3, 0.4) is 0 Å². The molecule has 7 nitrogen and oxygen atoms in total. The summed E-state index contributed by atoms with van der Waals surface area (Å²) in [6.45, 7) is 5.96. The Balaban J connectivity index is 0.00000364. The maximum absolute atomic E-state index is 11.3. The van der Waals surface area contributed by atoms with Gasteiger partial charge in [0.05, 0.1) is 22.5 Å². The molecule has 1 unspecified atom stereocenters. The summed E-state index contributed by atoms with van der Waals surface area (Å²) in [5.41, 5.74) is 0.998. The van der Waals surface area contributed by atoms with Crippen LogP contribution in [0.25, 0.3) is 10.2 Å². The molecule has 3 N–H and O–H groups in total. The Morgan fingerprint density at radius 2 is 2.07 bits per heavy atom. The number of guanidine groups is 1. The van der Waals surface area contributed by atoms with Crippen molar-refractivity contribution in [2.24, 2.45) is 4.99 Å². The van der Waals surface area contributed by atoms with Crippen LogP contribution in [0.1, 0.15) is 20.3 Å². The third kappa shape index (κ3) is 9.06. The van der Waals surface area contributed by atoms with Gasteiger partial charge in [0.15, 0.2) is 11.1 Å². The number of thiazole rings is 1. The van der Waals surface area contributed by atoms with Gasteiger partial charge in [0, 0.05) is 25.4 Å². The zero-order valence-corrected chi connectivity index (χ0v) is 19.8. The zero-order chi connectivity index (χ0) is 19.0. The minimum absolute atomic E-state index is 0. The number of halogens is 1. The number of fused-ring (bicyclic) bond motifs is 1. The van der Waals surface area contributed by atoms with E-state index in [1.165, 1.54) is 6.26 Å². The molecule has 0 aliphatic heterocycles. The Morgan fingerprint density at radius 3 is 2.74 bits per heavy atom. The minimum Gasteiger partial charge on any atom is -0.360 e. The van der Waals surface area contributed by atoms with Gasteiger partial charge >= 0.3 is 0 Å². The van der Waals surface area contributed by atoms with Crippen LogP contribution in [0, 0.1) is 0 Å². The molecule has 0 aliphatic rings. The lowest BCUT2D eigenvalue weighted by Crippen LogP contribution is -2.43. The number of hydrogen-bond donors (Lipinski definition) is 3. The van der Waals surface area contributed by atoms with Gasteiger partial charge in [0.25, 0.3) is 0 Å². The largest absolute Gasteiger partial charge is 0.360 e. The fraction of sp³-hybridized carbons (Fsp3) is 0.529.